The van der Waals surface area contributed by atoms with Gasteiger partial charge in [0, 0.05) is 25.7 Å². The molecule has 3 aromatic carbocycles. The zero-order chi connectivity index (χ0) is 39.5. The van der Waals surface area contributed by atoms with Gasteiger partial charge < -0.3 is 24.8 Å². The first-order valence-corrected chi connectivity index (χ1v) is 19.5. The van der Waals surface area contributed by atoms with Gasteiger partial charge in [0.25, 0.3) is 5.91 Å². The van der Waals surface area contributed by atoms with Gasteiger partial charge >= 0.3 is 12.3 Å². The maximum absolute atomic E-state index is 14.8. The maximum Gasteiger partial charge on any atom is 0.416 e. The number of nitrogens with zero attached hydrogens (tertiary/aromatic N) is 4. The average Bonchev–Trinajstić information content (AvgIpc) is 3.62. The van der Waals surface area contributed by atoms with E-state index < -0.39 is 53.3 Å². The van der Waals surface area contributed by atoms with E-state index in [2.05, 4.69) is 10.2 Å². The third-order valence-corrected chi connectivity index (χ3v) is 11.8. The molecule has 1 N–H and O–H groups in total. The van der Waals surface area contributed by atoms with Crippen LogP contribution in [0.25, 0.3) is 6.08 Å². The summed E-state index contributed by atoms with van der Waals surface area (Å²) in [6.07, 6.45) is 3.17. The molecule has 0 aliphatic carbocycles. The number of carbonyl (C=O) groups excluding carboxylic acids is 4. The molecule has 0 aromatic heterocycles. The van der Waals surface area contributed by atoms with Gasteiger partial charge in [-0.1, -0.05) is 91.4 Å². The van der Waals surface area contributed by atoms with E-state index in [9.17, 15) is 32.3 Å². The molecule has 13 heteroatoms. The Morgan fingerprint density at radius 1 is 0.911 bits per heavy atom. The SMILES string of the molecule is CC1(N2C(=O)OCC2c2ccccc2)C(=O)N(C(CC(=O)N2CCC(N3CCCCC3)CC2)C(=O)NCc2cccc(C(F)(F)F)c2)C1C=Cc1ccccc1. The Hall–Kier alpha value is -5.17. The number of hydrogen-bond acceptors (Lipinski definition) is 6. The summed E-state index contributed by atoms with van der Waals surface area (Å²) in [7, 11) is 0. The van der Waals surface area contributed by atoms with Crippen LogP contribution < -0.4 is 5.32 Å². The van der Waals surface area contributed by atoms with Crippen molar-refractivity contribution in [3.05, 3.63) is 113 Å². The quantitative estimate of drug-likeness (QED) is 0.226. The Labute approximate surface area is 325 Å². The second-order valence-corrected chi connectivity index (χ2v) is 15.3. The number of halogens is 3. The lowest BCUT2D eigenvalue weighted by Gasteiger charge is -2.59. The van der Waals surface area contributed by atoms with E-state index in [0.29, 0.717) is 19.1 Å². The second-order valence-electron chi connectivity index (χ2n) is 15.3. The molecule has 4 atom stereocenters. The highest BCUT2D eigenvalue weighted by molar-refractivity contribution is 6.02. The Balaban J connectivity index is 1.19. The van der Waals surface area contributed by atoms with Crippen molar-refractivity contribution in [2.45, 2.75) is 87.9 Å². The second kappa shape index (κ2) is 16.5. The minimum absolute atomic E-state index is 0.0214. The van der Waals surface area contributed by atoms with Crippen molar-refractivity contribution >= 4 is 29.9 Å². The third kappa shape index (κ3) is 8.05. The lowest BCUT2D eigenvalue weighted by molar-refractivity contribution is -0.176. The molecule has 0 saturated carbocycles. The fourth-order valence-electron chi connectivity index (χ4n) is 8.74. The minimum Gasteiger partial charge on any atom is -0.447 e. The molecular weight excluding hydrogens is 723 g/mol. The van der Waals surface area contributed by atoms with E-state index in [1.54, 1.807) is 17.9 Å². The zero-order valence-corrected chi connectivity index (χ0v) is 31.5. The van der Waals surface area contributed by atoms with Crippen LogP contribution in [0.3, 0.4) is 0 Å². The van der Waals surface area contributed by atoms with Gasteiger partial charge in [-0.15, -0.1) is 0 Å². The van der Waals surface area contributed by atoms with Crippen molar-refractivity contribution in [3.8, 4) is 0 Å². The fraction of sp³-hybridized carbons (Fsp3) is 0.442. The maximum atomic E-state index is 14.8. The highest BCUT2D eigenvalue weighted by Crippen LogP contribution is 2.46. The highest BCUT2D eigenvalue weighted by Gasteiger charge is 2.66. The first-order valence-electron chi connectivity index (χ1n) is 19.5. The minimum atomic E-state index is -4.57. The van der Waals surface area contributed by atoms with Gasteiger partial charge in [0.15, 0.2) is 0 Å². The van der Waals surface area contributed by atoms with Crippen LogP contribution >= 0.6 is 0 Å². The molecule has 4 fully saturated rings. The van der Waals surface area contributed by atoms with Crippen molar-refractivity contribution < 1.29 is 37.1 Å². The summed E-state index contributed by atoms with van der Waals surface area (Å²) in [6, 6.07) is 20.9. The molecule has 56 heavy (non-hydrogen) atoms. The molecule has 296 valence electrons. The average molecular weight is 772 g/mol. The van der Waals surface area contributed by atoms with E-state index in [-0.39, 0.29) is 31.0 Å². The van der Waals surface area contributed by atoms with Crippen LogP contribution in [0, 0.1) is 0 Å². The van der Waals surface area contributed by atoms with Crippen LogP contribution in [0.2, 0.25) is 0 Å². The lowest BCUT2D eigenvalue weighted by atomic mass is 9.75. The van der Waals surface area contributed by atoms with Gasteiger partial charge in [0.05, 0.1) is 24.1 Å². The van der Waals surface area contributed by atoms with E-state index in [4.69, 9.17) is 4.74 Å². The normalized spacial score (nSPS) is 24.2. The summed E-state index contributed by atoms with van der Waals surface area (Å²) in [5.41, 5.74) is -0.557. The number of benzene rings is 3. The lowest BCUT2D eigenvalue weighted by Crippen LogP contribution is -2.81. The summed E-state index contributed by atoms with van der Waals surface area (Å²) >= 11 is 0. The molecular formula is C43H48F3N5O5. The largest absolute Gasteiger partial charge is 0.447 e. The summed E-state index contributed by atoms with van der Waals surface area (Å²) in [4.78, 5) is 63.8. The van der Waals surface area contributed by atoms with Crippen LogP contribution in [0.5, 0.6) is 0 Å². The number of ether oxygens (including phenoxy) is 1. The molecule has 4 aliphatic heterocycles. The monoisotopic (exact) mass is 771 g/mol. The first-order chi connectivity index (χ1) is 26.9. The fourth-order valence-corrected chi connectivity index (χ4v) is 8.74. The number of nitrogens with one attached hydrogen (secondary N) is 1. The Bertz CT molecular complexity index is 1910. The van der Waals surface area contributed by atoms with Crippen LogP contribution in [0.1, 0.15) is 73.7 Å². The van der Waals surface area contributed by atoms with E-state index in [0.717, 1.165) is 49.2 Å². The molecule has 4 heterocycles. The van der Waals surface area contributed by atoms with E-state index in [1.807, 2.05) is 66.7 Å². The summed E-state index contributed by atoms with van der Waals surface area (Å²) in [6.45, 7) is 4.55. The van der Waals surface area contributed by atoms with E-state index >= 15 is 0 Å². The van der Waals surface area contributed by atoms with Crippen LogP contribution in [0.15, 0.2) is 91.0 Å². The molecule has 10 nitrogen and oxygen atoms in total. The topological polar surface area (TPSA) is 102 Å². The van der Waals surface area contributed by atoms with Gasteiger partial charge in [0.2, 0.25) is 11.8 Å². The highest BCUT2D eigenvalue weighted by atomic mass is 19.4. The molecule has 0 spiro atoms. The van der Waals surface area contributed by atoms with E-state index in [1.165, 1.54) is 41.2 Å². The number of rotatable bonds is 11. The van der Waals surface area contributed by atoms with Crippen LogP contribution in [-0.2, 0) is 31.8 Å². The number of β-lactam (4-membered cyclic amide) rings is 1. The standard InChI is InChI=1S/C43H48F3N5O5/c1-42(51-36(29-56-41(51)55)32-15-7-3-8-16-32)37(19-18-30-12-5-2-6-13-30)50(40(42)54)35(39(53)47-28-31-14-11-17-33(26-31)43(44,45)46)27-38(52)49-24-20-34(21-25-49)48-22-9-4-10-23-48/h2-3,5-8,11-19,26,34-37H,4,9-10,20-25,27-29H2,1H3,(H,47,53). The van der Waals surface area contributed by atoms with Gasteiger partial charge in [0.1, 0.15) is 18.2 Å². The number of piperidine rings is 2. The predicted molar refractivity (Wildman–Crippen MR) is 204 cm³/mol. The Morgan fingerprint density at radius 2 is 1.59 bits per heavy atom. The number of alkyl halides is 3. The number of carbonyl (C=O) groups is 4. The van der Waals surface area contributed by atoms with Crippen molar-refractivity contribution in [3.63, 3.8) is 0 Å². The van der Waals surface area contributed by atoms with Gasteiger partial charge in [-0.05, 0) is 74.5 Å². The van der Waals surface area contributed by atoms with Gasteiger partial charge in [-0.25, -0.2) is 4.79 Å². The molecule has 4 unspecified atom stereocenters. The smallest absolute Gasteiger partial charge is 0.416 e. The van der Waals surface area contributed by atoms with Crippen molar-refractivity contribution in [1.82, 2.24) is 24.9 Å². The van der Waals surface area contributed by atoms with Crippen molar-refractivity contribution in [2.24, 2.45) is 0 Å². The summed E-state index contributed by atoms with van der Waals surface area (Å²) in [5, 5.41) is 2.73. The zero-order valence-electron chi connectivity index (χ0n) is 31.5. The molecule has 3 aromatic rings. The summed E-state index contributed by atoms with van der Waals surface area (Å²) < 4.78 is 46.1. The third-order valence-electron chi connectivity index (χ3n) is 11.8. The molecule has 4 amide bonds. The number of likely N-dealkylation sites (tertiary alicyclic amines) is 3. The number of amides is 4. The van der Waals surface area contributed by atoms with Crippen molar-refractivity contribution in [2.75, 3.05) is 32.8 Å². The van der Waals surface area contributed by atoms with Gasteiger partial charge in [-0.3, -0.25) is 19.3 Å². The van der Waals surface area contributed by atoms with Gasteiger partial charge in [-0.2, -0.15) is 13.2 Å². The molecule has 0 bridgehead atoms. The first kappa shape index (κ1) is 39.1. The Morgan fingerprint density at radius 3 is 2.27 bits per heavy atom. The van der Waals surface area contributed by atoms with Crippen LogP contribution in [-0.4, -0.2) is 99.9 Å². The molecule has 4 saturated heterocycles. The predicted octanol–water partition coefficient (Wildman–Crippen LogP) is 6.43. The number of cyclic esters (lactones) is 1. The molecule has 0 radical (unpaired) electrons. The Kier molecular flexibility index (Phi) is 11.5. The number of hydrogen-bond donors (Lipinski definition) is 1. The molecule has 7 rings (SSSR count). The van der Waals surface area contributed by atoms with Crippen LogP contribution in [0.4, 0.5) is 18.0 Å². The molecule has 4 aliphatic rings. The van der Waals surface area contributed by atoms with Crippen molar-refractivity contribution in [1.29, 1.82) is 0 Å². The summed E-state index contributed by atoms with van der Waals surface area (Å²) in [5.74, 6) is -1.52.